The fraction of sp³-hybridized carbons (Fsp3) is 0.200. The number of Topliss-reactive ketones (excluding diaryl/α,β-unsaturated/α-hetero) is 1. The van der Waals surface area contributed by atoms with Crippen LogP contribution in [0.1, 0.15) is 36.0 Å². The second-order valence-electron chi connectivity index (χ2n) is 5.92. The maximum absolute atomic E-state index is 12.0. The third kappa shape index (κ3) is 4.63. The summed E-state index contributed by atoms with van der Waals surface area (Å²) in [5, 5.41) is 6.76. The van der Waals surface area contributed by atoms with Gasteiger partial charge in [-0.25, -0.2) is 0 Å². The number of anilines is 1. The molecule has 0 saturated heterocycles. The molecule has 1 amide bonds. The predicted molar refractivity (Wildman–Crippen MR) is 97.7 cm³/mol. The molecule has 0 aliphatic rings. The molecule has 1 heterocycles. The van der Waals surface area contributed by atoms with Crippen molar-refractivity contribution in [1.82, 2.24) is 10.1 Å². The first-order valence-electron chi connectivity index (χ1n) is 8.40. The molecule has 0 unspecified atom stereocenters. The van der Waals surface area contributed by atoms with Gasteiger partial charge >= 0.3 is 0 Å². The third-order valence-electron chi connectivity index (χ3n) is 3.85. The van der Waals surface area contributed by atoms with Gasteiger partial charge in [0.1, 0.15) is 0 Å². The Hall–Kier alpha value is -3.28. The van der Waals surface area contributed by atoms with Gasteiger partial charge in [-0.1, -0.05) is 47.6 Å². The van der Waals surface area contributed by atoms with Gasteiger partial charge in [0.15, 0.2) is 5.78 Å². The zero-order valence-corrected chi connectivity index (χ0v) is 14.4. The number of amides is 1. The van der Waals surface area contributed by atoms with E-state index in [1.54, 1.807) is 24.3 Å². The number of carbonyl (C=O) groups excluding carboxylic acids is 2. The molecular formula is C20H19N3O3. The van der Waals surface area contributed by atoms with Gasteiger partial charge in [-0.3, -0.25) is 9.59 Å². The highest BCUT2D eigenvalue weighted by atomic mass is 16.5. The maximum atomic E-state index is 12.0. The molecule has 0 fully saturated rings. The summed E-state index contributed by atoms with van der Waals surface area (Å²) in [5.41, 5.74) is 2.08. The van der Waals surface area contributed by atoms with E-state index in [-0.39, 0.29) is 11.7 Å². The van der Waals surface area contributed by atoms with Crippen LogP contribution in [0.4, 0.5) is 5.69 Å². The average molecular weight is 349 g/mol. The summed E-state index contributed by atoms with van der Waals surface area (Å²) < 4.78 is 5.23. The van der Waals surface area contributed by atoms with E-state index in [0.29, 0.717) is 42.2 Å². The maximum Gasteiger partial charge on any atom is 0.226 e. The van der Waals surface area contributed by atoms with E-state index >= 15 is 0 Å². The molecule has 1 aromatic heterocycles. The molecule has 1 N–H and O–H groups in total. The van der Waals surface area contributed by atoms with Gasteiger partial charge in [0.2, 0.25) is 17.6 Å². The molecule has 132 valence electrons. The molecule has 0 aliphatic carbocycles. The first kappa shape index (κ1) is 17.5. The number of ketones is 1. The third-order valence-corrected chi connectivity index (χ3v) is 3.85. The molecule has 26 heavy (non-hydrogen) atoms. The van der Waals surface area contributed by atoms with Crippen LogP contribution < -0.4 is 5.32 Å². The van der Waals surface area contributed by atoms with Gasteiger partial charge in [-0.2, -0.15) is 4.98 Å². The molecule has 2 aromatic carbocycles. The first-order valence-corrected chi connectivity index (χ1v) is 8.40. The van der Waals surface area contributed by atoms with Crippen LogP contribution in [0.2, 0.25) is 0 Å². The summed E-state index contributed by atoms with van der Waals surface area (Å²) in [4.78, 5) is 27.8. The molecule has 0 radical (unpaired) electrons. The number of rotatable bonds is 7. The van der Waals surface area contributed by atoms with Crippen molar-refractivity contribution in [3.63, 3.8) is 0 Å². The van der Waals surface area contributed by atoms with Gasteiger partial charge in [-0.05, 0) is 25.5 Å². The second-order valence-corrected chi connectivity index (χ2v) is 5.92. The number of hydrogen-bond donors (Lipinski definition) is 1. The van der Waals surface area contributed by atoms with Crippen molar-refractivity contribution in [1.29, 1.82) is 0 Å². The number of nitrogens with zero attached hydrogens (tertiary/aromatic N) is 2. The van der Waals surface area contributed by atoms with Crippen LogP contribution in [0.25, 0.3) is 11.4 Å². The number of aromatic nitrogens is 2. The molecule has 3 aromatic rings. The fourth-order valence-electron chi connectivity index (χ4n) is 2.50. The van der Waals surface area contributed by atoms with Gasteiger partial charge in [0.05, 0.1) is 0 Å². The summed E-state index contributed by atoms with van der Waals surface area (Å²) in [6.45, 7) is 1.50. The molecule has 3 rings (SSSR count). The normalized spacial score (nSPS) is 10.5. The van der Waals surface area contributed by atoms with Gasteiger partial charge in [0.25, 0.3) is 0 Å². The van der Waals surface area contributed by atoms with Crippen molar-refractivity contribution in [2.24, 2.45) is 0 Å². The Bertz CT molecular complexity index is 903. The molecule has 6 heteroatoms. The van der Waals surface area contributed by atoms with E-state index in [1.807, 2.05) is 30.3 Å². The quantitative estimate of drug-likeness (QED) is 0.654. The summed E-state index contributed by atoms with van der Waals surface area (Å²) in [6.07, 6.45) is 1.45. The van der Waals surface area contributed by atoms with Gasteiger partial charge in [0, 0.05) is 29.7 Å². The minimum atomic E-state index is -0.117. The minimum Gasteiger partial charge on any atom is -0.339 e. The Balaban J connectivity index is 1.49. The second kappa shape index (κ2) is 8.20. The van der Waals surface area contributed by atoms with E-state index in [4.69, 9.17) is 4.52 Å². The summed E-state index contributed by atoms with van der Waals surface area (Å²) in [5.74, 6) is 0.904. The number of benzene rings is 2. The molecule has 0 atom stereocenters. The lowest BCUT2D eigenvalue weighted by molar-refractivity contribution is -0.116. The summed E-state index contributed by atoms with van der Waals surface area (Å²) in [6, 6.07) is 16.5. The largest absolute Gasteiger partial charge is 0.339 e. The van der Waals surface area contributed by atoms with Crippen LogP contribution >= 0.6 is 0 Å². The van der Waals surface area contributed by atoms with Crippen molar-refractivity contribution >= 4 is 17.4 Å². The van der Waals surface area contributed by atoms with Crippen molar-refractivity contribution in [2.45, 2.75) is 26.2 Å². The van der Waals surface area contributed by atoms with Gasteiger partial charge in [-0.15, -0.1) is 0 Å². The highest BCUT2D eigenvalue weighted by Crippen LogP contribution is 2.16. The van der Waals surface area contributed by atoms with Gasteiger partial charge < -0.3 is 9.84 Å². The van der Waals surface area contributed by atoms with Crippen LogP contribution in [-0.4, -0.2) is 21.8 Å². The standard InChI is InChI=1S/C20H19N3O3/c1-14(24)16-9-5-10-17(13-16)21-18(25)11-6-12-19-22-20(23-26-19)15-7-3-2-4-8-15/h2-5,7-10,13H,6,11-12H2,1H3,(H,21,25). The average Bonchev–Trinajstić information content (AvgIpc) is 3.11. The van der Waals surface area contributed by atoms with Crippen molar-refractivity contribution in [3.8, 4) is 11.4 Å². The van der Waals surface area contributed by atoms with E-state index in [2.05, 4.69) is 15.5 Å². The Morgan fingerprint density at radius 2 is 1.88 bits per heavy atom. The van der Waals surface area contributed by atoms with E-state index < -0.39 is 0 Å². The molecule has 0 spiro atoms. The number of carbonyl (C=O) groups is 2. The summed E-state index contributed by atoms with van der Waals surface area (Å²) >= 11 is 0. The van der Waals surface area contributed by atoms with E-state index in [9.17, 15) is 9.59 Å². The Labute approximate surface area is 151 Å². The lowest BCUT2D eigenvalue weighted by Gasteiger charge is -2.05. The van der Waals surface area contributed by atoms with Crippen LogP contribution in [0.15, 0.2) is 59.1 Å². The zero-order chi connectivity index (χ0) is 18.4. The van der Waals surface area contributed by atoms with Crippen molar-refractivity contribution in [3.05, 3.63) is 66.1 Å². The number of nitrogens with one attached hydrogen (secondary N) is 1. The fourth-order valence-corrected chi connectivity index (χ4v) is 2.50. The van der Waals surface area contributed by atoms with E-state index in [0.717, 1.165) is 5.56 Å². The van der Waals surface area contributed by atoms with Crippen molar-refractivity contribution in [2.75, 3.05) is 5.32 Å². The smallest absolute Gasteiger partial charge is 0.226 e. The monoisotopic (exact) mass is 349 g/mol. The molecule has 6 nitrogen and oxygen atoms in total. The number of aryl methyl sites for hydroxylation is 1. The lowest BCUT2D eigenvalue weighted by atomic mass is 10.1. The minimum absolute atomic E-state index is 0.0355. The highest BCUT2D eigenvalue weighted by molar-refractivity contribution is 5.97. The molecular weight excluding hydrogens is 330 g/mol. The van der Waals surface area contributed by atoms with Crippen LogP contribution in [-0.2, 0) is 11.2 Å². The topological polar surface area (TPSA) is 85.1 Å². The first-order chi connectivity index (χ1) is 12.6. The lowest BCUT2D eigenvalue weighted by Crippen LogP contribution is -2.12. The van der Waals surface area contributed by atoms with E-state index in [1.165, 1.54) is 6.92 Å². The highest BCUT2D eigenvalue weighted by Gasteiger charge is 2.10. The Morgan fingerprint density at radius 3 is 2.65 bits per heavy atom. The van der Waals surface area contributed by atoms with Crippen molar-refractivity contribution < 1.29 is 14.1 Å². The molecule has 0 bridgehead atoms. The SMILES string of the molecule is CC(=O)c1cccc(NC(=O)CCCc2nc(-c3ccccc3)no2)c1. The molecule has 0 aliphatic heterocycles. The zero-order valence-electron chi connectivity index (χ0n) is 14.4. The molecule has 0 saturated carbocycles. The van der Waals surface area contributed by atoms with Crippen LogP contribution in [0.5, 0.6) is 0 Å². The number of hydrogen-bond acceptors (Lipinski definition) is 5. The Kier molecular flexibility index (Phi) is 5.53. The van der Waals surface area contributed by atoms with Crippen LogP contribution in [0.3, 0.4) is 0 Å². The van der Waals surface area contributed by atoms with Crippen LogP contribution in [0, 0.1) is 0 Å². The summed E-state index contributed by atoms with van der Waals surface area (Å²) in [7, 11) is 0. The Morgan fingerprint density at radius 1 is 1.08 bits per heavy atom. The predicted octanol–water partition coefficient (Wildman–Crippen LogP) is 3.90.